The van der Waals surface area contributed by atoms with E-state index < -0.39 is 0 Å². The number of hydrogen-bond acceptors (Lipinski definition) is 3. The number of anilines is 2. The van der Waals surface area contributed by atoms with Gasteiger partial charge in [0.1, 0.15) is 0 Å². The lowest BCUT2D eigenvalue weighted by Crippen LogP contribution is -2.32. The molecule has 0 bridgehead atoms. The van der Waals surface area contributed by atoms with E-state index in [0.29, 0.717) is 0 Å². The fourth-order valence-electron chi connectivity index (χ4n) is 2.35. The van der Waals surface area contributed by atoms with Crippen molar-refractivity contribution in [2.75, 3.05) is 36.9 Å². The molecule has 1 aromatic carbocycles. The van der Waals surface area contributed by atoms with Gasteiger partial charge in [-0.05, 0) is 43.0 Å². The van der Waals surface area contributed by atoms with Gasteiger partial charge in [-0.2, -0.15) is 0 Å². The molecule has 1 aliphatic heterocycles. The number of aryl methyl sites for hydroxylation is 1. The Morgan fingerprint density at radius 2 is 2.24 bits per heavy atom. The van der Waals surface area contributed by atoms with E-state index in [4.69, 9.17) is 10.5 Å². The van der Waals surface area contributed by atoms with E-state index in [1.165, 1.54) is 17.7 Å². The van der Waals surface area contributed by atoms with E-state index in [0.717, 1.165) is 44.8 Å². The maximum atomic E-state index is 5.82. The van der Waals surface area contributed by atoms with E-state index >= 15 is 0 Å². The van der Waals surface area contributed by atoms with Crippen LogP contribution in [0, 0.1) is 0 Å². The summed E-state index contributed by atoms with van der Waals surface area (Å²) in [6.45, 7) is 5.93. The Hall–Kier alpha value is -1.22. The molecule has 2 rings (SSSR count). The van der Waals surface area contributed by atoms with Gasteiger partial charge in [0.05, 0.1) is 6.61 Å². The minimum Gasteiger partial charge on any atom is -0.399 e. The molecule has 2 N–H and O–H groups in total. The third kappa shape index (κ3) is 3.13. The van der Waals surface area contributed by atoms with E-state index in [1.807, 2.05) is 6.07 Å². The Morgan fingerprint density at radius 3 is 3.06 bits per heavy atom. The summed E-state index contributed by atoms with van der Waals surface area (Å²) in [6.07, 6.45) is 3.45. The van der Waals surface area contributed by atoms with Gasteiger partial charge >= 0.3 is 0 Å². The molecule has 17 heavy (non-hydrogen) atoms. The van der Waals surface area contributed by atoms with Crippen LogP contribution >= 0.6 is 0 Å². The maximum absolute atomic E-state index is 5.82. The van der Waals surface area contributed by atoms with Crippen molar-refractivity contribution < 1.29 is 4.74 Å². The first-order valence-electron chi connectivity index (χ1n) is 6.52. The molecule has 1 aromatic rings. The van der Waals surface area contributed by atoms with Crippen LogP contribution in [0.25, 0.3) is 0 Å². The molecular formula is C14H22N2O. The smallest absolute Gasteiger partial charge is 0.0641 e. The molecule has 0 fully saturated rings. The van der Waals surface area contributed by atoms with Crippen molar-refractivity contribution in [2.45, 2.75) is 26.2 Å². The minimum atomic E-state index is 0.817. The van der Waals surface area contributed by atoms with Gasteiger partial charge in [-0.1, -0.05) is 6.92 Å². The van der Waals surface area contributed by atoms with E-state index in [2.05, 4.69) is 24.0 Å². The molecule has 1 heterocycles. The lowest BCUT2D eigenvalue weighted by molar-refractivity contribution is 0.140. The van der Waals surface area contributed by atoms with Gasteiger partial charge in [0, 0.05) is 31.1 Å². The Balaban J connectivity index is 1.97. The molecule has 0 atom stereocenters. The van der Waals surface area contributed by atoms with Crippen LogP contribution in [0.3, 0.4) is 0 Å². The van der Waals surface area contributed by atoms with Crippen molar-refractivity contribution in [3.8, 4) is 0 Å². The van der Waals surface area contributed by atoms with Crippen LogP contribution in [0.4, 0.5) is 11.4 Å². The predicted molar refractivity (Wildman–Crippen MR) is 72.5 cm³/mol. The first kappa shape index (κ1) is 12.2. The molecule has 0 spiro atoms. The van der Waals surface area contributed by atoms with E-state index in [-0.39, 0.29) is 0 Å². The van der Waals surface area contributed by atoms with Crippen LogP contribution in [-0.4, -0.2) is 26.3 Å². The molecule has 94 valence electrons. The monoisotopic (exact) mass is 234 g/mol. The Bertz CT molecular complexity index is 365. The molecule has 0 aromatic heterocycles. The lowest BCUT2D eigenvalue weighted by Gasteiger charge is -2.31. The van der Waals surface area contributed by atoms with Crippen molar-refractivity contribution in [3.05, 3.63) is 23.8 Å². The molecule has 0 saturated heterocycles. The number of hydrogen-bond donors (Lipinski definition) is 1. The average Bonchev–Trinajstić information content (AvgIpc) is 2.34. The summed E-state index contributed by atoms with van der Waals surface area (Å²) in [4.78, 5) is 2.41. The maximum Gasteiger partial charge on any atom is 0.0641 e. The minimum absolute atomic E-state index is 0.817. The van der Waals surface area contributed by atoms with Crippen LogP contribution in [0.1, 0.15) is 25.3 Å². The van der Waals surface area contributed by atoms with Gasteiger partial charge in [0.25, 0.3) is 0 Å². The second kappa shape index (κ2) is 5.92. The Labute approximate surface area is 104 Å². The molecule has 1 aliphatic rings. The molecule has 0 unspecified atom stereocenters. The number of benzene rings is 1. The van der Waals surface area contributed by atoms with Gasteiger partial charge < -0.3 is 15.4 Å². The van der Waals surface area contributed by atoms with Crippen LogP contribution in [0.5, 0.6) is 0 Å². The number of fused-ring (bicyclic) bond motifs is 1. The SMILES string of the molecule is CCCOCCN1CCCc2cc(N)ccc21. The normalized spacial score (nSPS) is 14.8. The summed E-state index contributed by atoms with van der Waals surface area (Å²) in [5, 5.41) is 0. The molecule has 0 saturated carbocycles. The molecule has 3 nitrogen and oxygen atoms in total. The fraction of sp³-hybridized carbons (Fsp3) is 0.571. The van der Waals surface area contributed by atoms with Gasteiger partial charge in [-0.3, -0.25) is 0 Å². The van der Waals surface area contributed by atoms with Gasteiger partial charge in [0.15, 0.2) is 0 Å². The first-order valence-corrected chi connectivity index (χ1v) is 6.52. The fourth-order valence-corrected chi connectivity index (χ4v) is 2.35. The molecule has 3 heteroatoms. The van der Waals surface area contributed by atoms with Crippen molar-refractivity contribution >= 4 is 11.4 Å². The highest BCUT2D eigenvalue weighted by atomic mass is 16.5. The van der Waals surface area contributed by atoms with Gasteiger partial charge in [-0.25, -0.2) is 0 Å². The zero-order valence-electron chi connectivity index (χ0n) is 10.6. The third-order valence-electron chi connectivity index (χ3n) is 3.17. The Morgan fingerprint density at radius 1 is 1.35 bits per heavy atom. The molecule has 0 aliphatic carbocycles. The van der Waals surface area contributed by atoms with Crippen LogP contribution in [0.15, 0.2) is 18.2 Å². The third-order valence-corrected chi connectivity index (χ3v) is 3.17. The Kier molecular flexibility index (Phi) is 4.26. The number of nitrogens with zero attached hydrogens (tertiary/aromatic N) is 1. The van der Waals surface area contributed by atoms with Crippen LogP contribution in [-0.2, 0) is 11.2 Å². The number of ether oxygens (including phenoxy) is 1. The van der Waals surface area contributed by atoms with E-state index in [9.17, 15) is 0 Å². The van der Waals surface area contributed by atoms with Gasteiger partial charge in [0.2, 0.25) is 0 Å². The van der Waals surface area contributed by atoms with Crippen molar-refractivity contribution in [3.63, 3.8) is 0 Å². The summed E-state index contributed by atoms with van der Waals surface area (Å²) in [6, 6.07) is 6.24. The quantitative estimate of drug-likeness (QED) is 0.628. The van der Waals surface area contributed by atoms with Crippen molar-refractivity contribution in [1.29, 1.82) is 0 Å². The second-order valence-corrected chi connectivity index (χ2v) is 4.59. The van der Waals surface area contributed by atoms with Crippen LogP contribution < -0.4 is 10.6 Å². The number of rotatable bonds is 5. The topological polar surface area (TPSA) is 38.5 Å². The van der Waals surface area contributed by atoms with Crippen LogP contribution in [0.2, 0.25) is 0 Å². The average molecular weight is 234 g/mol. The number of nitrogens with two attached hydrogens (primary N) is 1. The highest BCUT2D eigenvalue weighted by molar-refractivity contribution is 5.61. The van der Waals surface area contributed by atoms with E-state index in [1.54, 1.807) is 0 Å². The standard InChI is InChI=1S/C14H22N2O/c1-2-9-17-10-8-16-7-3-4-12-11-13(15)5-6-14(12)16/h5-6,11H,2-4,7-10,15H2,1H3. The van der Waals surface area contributed by atoms with Crippen molar-refractivity contribution in [1.82, 2.24) is 0 Å². The molecular weight excluding hydrogens is 212 g/mol. The second-order valence-electron chi connectivity index (χ2n) is 4.59. The zero-order valence-corrected chi connectivity index (χ0v) is 10.6. The number of nitrogen functional groups attached to an aromatic ring is 1. The zero-order chi connectivity index (χ0) is 12.1. The lowest BCUT2D eigenvalue weighted by atomic mass is 10.0. The summed E-state index contributed by atoms with van der Waals surface area (Å²) < 4.78 is 5.56. The molecule has 0 radical (unpaired) electrons. The summed E-state index contributed by atoms with van der Waals surface area (Å²) in [7, 11) is 0. The summed E-state index contributed by atoms with van der Waals surface area (Å²) >= 11 is 0. The first-order chi connectivity index (χ1) is 8.31. The predicted octanol–water partition coefficient (Wildman–Crippen LogP) is 2.45. The molecule has 0 amide bonds. The van der Waals surface area contributed by atoms with Crippen molar-refractivity contribution in [2.24, 2.45) is 0 Å². The highest BCUT2D eigenvalue weighted by Gasteiger charge is 2.16. The largest absolute Gasteiger partial charge is 0.399 e. The summed E-state index contributed by atoms with van der Waals surface area (Å²) in [5.41, 5.74) is 9.41. The highest BCUT2D eigenvalue weighted by Crippen LogP contribution is 2.28. The summed E-state index contributed by atoms with van der Waals surface area (Å²) in [5.74, 6) is 0. The van der Waals surface area contributed by atoms with Gasteiger partial charge in [-0.15, -0.1) is 0 Å².